The van der Waals surface area contributed by atoms with Crippen LogP contribution >= 0.6 is 15.9 Å². The average Bonchev–Trinajstić information content (AvgIpc) is 2.75. The average molecular weight is 468 g/mol. The van der Waals surface area contributed by atoms with Crippen LogP contribution in [0.3, 0.4) is 0 Å². The van der Waals surface area contributed by atoms with E-state index in [1.165, 1.54) is 21.3 Å². The Hall–Kier alpha value is -1.88. The summed E-state index contributed by atoms with van der Waals surface area (Å²) in [4.78, 5) is 24.0. The van der Waals surface area contributed by atoms with Crippen molar-refractivity contribution in [2.24, 2.45) is 5.41 Å². The summed E-state index contributed by atoms with van der Waals surface area (Å²) < 4.78 is 15.9. The third-order valence-electron chi connectivity index (χ3n) is 4.87. The third kappa shape index (κ3) is 8.99. The smallest absolute Gasteiger partial charge is 0.305 e. The zero-order chi connectivity index (χ0) is 21.7. The number of methoxy groups -OCH3 is 3. The lowest BCUT2D eigenvalue weighted by Gasteiger charge is -2.27. The summed E-state index contributed by atoms with van der Waals surface area (Å²) in [5.74, 6) is 6.17. The lowest BCUT2D eigenvalue weighted by atomic mass is 9.77. The fraction of sp³-hybridized carbons (Fsp3) is 0.545. The van der Waals surface area contributed by atoms with Crippen LogP contribution in [0.15, 0.2) is 28.7 Å². The first-order valence-corrected chi connectivity index (χ1v) is 10.4. The number of hydrogen-bond donors (Lipinski definition) is 1. The topological polar surface area (TPSA) is 73.9 Å². The predicted octanol–water partition coefficient (Wildman–Crippen LogP) is 3.67. The molecule has 29 heavy (non-hydrogen) atoms. The van der Waals surface area contributed by atoms with E-state index in [9.17, 15) is 9.59 Å². The van der Waals surface area contributed by atoms with Crippen LogP contribution < -0.4 is 5.32 Å². The second kappa shape index (κ2) is 13.4. The van der Waals surface area contributed by atoms with Gasteiger partial charge in [-0.25, -0.2) is 0 Å². The molecule has 160 valence electrons. The van der Waals surface area contributed by atoms with Gasteiger partial charge in [0.05, 0.1) is 13.7 Å². The van der Waals surface area contributed by atoms with Gasteiger partial charge in [-0.3, -0.25) is 9.59 Å². The van der Waals surface area contributed by atoms with E-state index in [1.807, 2.05) is 31.2 Å². The Labute approximate surface area is 181 Å². The quantitative estimate of drug-likeness (QED) is 0.305. The number of halogens is 1. The molecule has 7 heteroatoms. The maximum atomic E-state index is 12.3. The second-order valence-electron chi connectivity index (χ2n) is 6.64. The number of carbonyl (C=O) groups is 2. The normalized spacial score (nSPS) is 12.6. The van der Waals surface area contributed by atoms with Crippen LogP contribution in [0.5, 0.6) is 0 Å². The minimum absolute atomic E-state index is 0.109. The Balaban J connectivity index is 2.91. The molecule has 1 N–H and O–H groups in total. The van der Waals surface area contributed by atoms with Crippen LogP contribution in [0.25, 0.3) is 0 Å². The highest BCUT2D eigenvalue weighted by atomic mass is 79.9. The van der Waals surface area contributed by atoms with Crippen molar-refractivity contribution < 1.29 is 23.8 Å². The predicted molar refractivity (Wildman–Crippen MR) is 115 cm³/mol. The third-order valence-corrected chi connectivity index (χ3v) is 5.56. The van der Waals surface area contributed by atoms with Gasteiger partial charge in [-0.1, -0.05) is 30.9 Å². The van der Waals surface area contributed by atoms with Crippen molar-refractivity contribution in [2.45, 2.75) is 45.3 Å². The molecule has 0 spiro atoms. The maximum Gasteiger partial charge on any atom is 0.305 e. The Kier molecular flexibility index (Phi) is 11.6. The summed E-state index contributed by atoms with van der Waals surface area (Å²) in [5, 5.41) is 2.80. The van der Waals surface area contributed by atoms with Crippen molar-refractivity contribution >= 4 is 27.8 Å². The fourth-order valence-electron chi connectivity index (χ4n) is 2.80. The first-order valence-electron chi connectivity index (χ1n) is 9.56. The summed E-state index contributed by atoms with van der Waals surface area (Å²) in [6.07, 6.45) is 1.84. The number of ether oxygens (including phenoxy) is 3. The van der Waals surface area contributed by atoms with Gasteiger partial charge < -0.3 is 19.5 Å². The van der Waals surface area contributed by atoms with Gasteiger partial charge in [-0.15, -0.1) is 0 Å². The highest BCUT2D eigenvalue weighted by molar-refractivity contribution is 9.10. The van der Waals surface area contributed by atoms with Crippen LogP contribution in [-0.4, -0.2) is 46.0 Å². The zero-order valence-corrected chi connectivity index (χ0v) is 19.1. The van der Waals surface area contributed by atoms with Gasteiger partial charge in [0, 0.05) is 42.5 Å². The van der Waals surface area contributed by atoms with Gasteiger partial charge in [-0.05, 0) is 47.3 Å². The minimum atomic E-state index is -0.482. The molecule has 0 radical (unpaired) electrons. The standard InChI is InChI=1S/C22H30BrNO5/c1-5-22(15-12-20(26)27-2,13-10-17-8-6-7-9-18(17)23)14-11-19(25)24-16-21(28-3)29-4/h6-9,21H,5,11-12,14-16H2,1-4H3,(H,24,25)/t22-/m1/s1. The molecule has 1 rings (SSSR count). The van der Waals surface area contributed by atoms with Crippen molar-refractivity contribution in [1.82, 2.24) is 5.32 Å². The highest BCUT2D eigenvalue weighted by Gasteiger charge is 2.28. The Bertz CT molecular complexity index is 723. The van der Waals surface area contributed by atoms with E-state index in [2.05, 4.69) is 33.1 Å². The van der Waals surface area contributed by atoms with E-state index in [-0.39, 0.29) is 24.8 Å². The number of rotatable bonds is 11. The van der Waals surface area contributed by atoms with Gasteiger partial charge in [0.15, 0.2) is 6.29 Å². The van der Waals surface area contributed by atoms with Crippen LogP contribution in [0.2, 0.25) is 0 Å². The SMILES string of the molecule is CC[C@@](C#Cc1ccccc1Br)(CCC(=O)NCC(OC)OC)CCC(=O)OC. The summed E-state index contributed by atoms with van der Waals surface area (Å²) in [5.41, 5.74) is 0.402. The summed E-state index contributed by atoms with van der Waals surface area (Å²) in [7, 11) is 4.41. The molecular formula is C22H30BrNO5. The largest absolute Gasteiger partial charge is 0.469 e. The monoisotopic (exact) mass is 467 g/mol. The molecule has 0 heterocycles. The van der Waals surface area contributed by atoms with Crippen LogP contribution in [0.4, 0.5) is 0 Å². The molecule has 0 aromatic heterocycles. The number of nitrogens with one attached hydrogen (secondary N) is 1. The van der Waals surface area contributed by atoms with E-state index < -0.39 is 11.7 Å². The van der Waals surface area contributed by atoms with E-state index >= 15 is 0 Å². The van der Waals surface area contributed by atoms with Crippen LogP contribution in [0.1, 0.15) is 44.6 Å². The number of carbonyl (C=O) groups excluding carboxylic acids is 2. The summed E-state index contributed by atoms with van der Waals surface area (Å²) in [6, 6.07) is 7.71. The number of esters is 1. The molecule has 0 fully saturated rings. The maximum absolute atomic E-state index is 12.3. The summed E-state index contributed by atoms with van der Waals surface area (Å²) >= 11 is 3.50. The van der Waals surface area contributed by atoms with Crippen molar-refractivity contribution in [3.63, 3.8) is 0 Å². The molecule has 0 saturated heterocycles. The number of benzene rings is 1. The van der Waals surface area contributed by atoms with E-state index in [0.717, 1.165) is 10.0 Å². The first kappa shape index (κ1) is 25.2. The van der Waals surface area contributed by atoms with Crippen molar-refractivity contribution in [3.8, 4) is 11.8 Å². The molecule has 1 aromatic rings. The summed E-state index contributed by atoms with van der Waals surface area (Å²) in [6.45, 7) is 2.30. The van der Waals surface area contributed by atoms with Gasteiger partial charge >= 0.3 is 5.97 Å². The fourth-order valence-corrected chi connectivity index (χ4v) is 3.18. The van der Waals surface area contributed by atoms with E-state index in [4.69, 9.17) is 14.2 Å². The Morgan fingerprint density at radius 1 is 1.14 bits per heavy atom. The lowest BCUT2D eigenvalue weighted by molar-refractivity contribution is -0.141. The Morgan fingerprint density at radius 2 is 1.79 bits per heavy atom. The van der Waals surface area contributed by atoms with Crippen LogP contribution in [0, 0.1) is 17.3 Å². The van der Waals surface area contributed by atoms with Gasteiger partial charge in [0.1, 0.15) is 0 Å². The van der Waals surface area contributed by atoms with Crippen molar-refractivity contribution in [2.75, 3.05) is 27.9 Å². The molecule has 0 saturated carbocycles. The van der Waals surface area contributed by atoms with Gasteiger partial charge in [0.25, 0.3) is 0 Å². The molecule has 6 nitrogen and oxygen atoms in total. The van der Waals surface area contributed by atoms with E-state index in [0.29, 0.717) is 25.7 Å². The molecule has 0 bridgehead atoms. The van der Waals surface area contributed by atoms with E-state index in [1.54, 1.807) is 0 Å². The van der Waals surface area contributed by atoms with Gasteiger partial charge in [-0.2, -0.15) is 0 Å². The van der Waals surface area contributed by atoms with Crippen LogP contribution in [-0.2, 0) is 23.8 Å². The lowest BCUT2D eigenvalue weighted by Crippen LogP contribution is -2.35. The van der Waals surface area contributed by atoms with Crippen molar-refractivity contribution in [3.05, 3.63) is 34.3 Å². The molecule has 1 atom stereocenters. The molecular weight excluding hydrogens is 438 g/mol. The minimum Gasteiger partial charge on any atom is -0.469 e. The molecule has 0 aliphatic carbocycles. The molecule has 1 aromatic carbocycles. The highest BCUT2D eigenvalue weighted by Crippen LogP contribution is 2.33. The molecule has 0 aliphatic heterocycles. The number of amides is 1. The molecule has 0 unspecified atom stereocenters. The molecule has 0 aliphatic rings. The first-order chi connectivity index (χ1) is 13.9. The van der Waals surface area contributed by atoms with Crippen molar-refractivity contribution in [1.29, 1.82) is 0 Å². The Morgan fingerprint density at radius 3 is 2.38 bits per heavy atom. The second-order valence-corrected chi connectivity index (χ2v) is 7.50. The van der Waals surface area contributed by atoms with Gasteiger partial charge in [0.2, 0.25) is 5.91 Å². The number of hydrogen-bond acceptors (Lipinski definition) is 5. The zero-order valence-electron chi connectivity index (χ0n) is 17.5. The molecule has 1 amide bonds.